The molecule has 2 aromatic rings. The molecular weight excluding hydrogens is 336 g/mol. The third-order valence-corrected chi connectivity index (χ3v) is 5.18. The number of carbonyl (C=O) groups excluding carboxylic acids is 1. The lowest BCUT2D eigenvalue weighted by Crippen LogP contribution is -2.31. The fourth-order valence-corrected chi connectivity index (χ4v) is 3.77. The summed E-state index contributed by atoms with van der Waals surface area (Å²) < 4.78 is 1.15. The Morgan fingerprint density at radius 1 is 1.24 bits per heavy atom. The maximum atomic E-state index is 12.3. The molecule has 1 N–H and O–H groups in total. The highest BCUT2D eigenvalue weighted by Crippen LogP contribution is 2.19. The normalized spacial score (nSPS) is 15.1. The van der Waals surface area contributed by atoms with Crippen molar-refractivity contribution in [3.63, 3.8) is 0 Å². The summed E-state index contributed by atoms with van der Waals surface area (Å²) in [5, 5.41) is 6.85. The van der Waals surface area contributed by atoms with Gasteiger partial charge in [0.25, 0.3) is 11.5 Å². The monoisotopic (exact) mass is 358 g/mol. The Morgan fingerprint density at radius 3 is 2.68 bits per heavy atom. The minimum atomic E-state index is -0.320. The van der Waals surface area contributed by atoms with Crippen molar-refractivity contribution in [3.05, 3.63) is 57.5 Å². The number of carbonyl (C=O) groups is 1. The summed E-state index contributed by atoms with van der Waals surface area (Å²) in [4.78, 5) is 26.2. The standard InChI is InChI=1S/C18H22N4O2S/c1-13-11-14(12-22-7-9-25-10-8-22)3-4-15(13)19-18(24)16-5-6-17(23)21(2)20-16/h3-6,11H,7-10,12H2,1-2H3,(H,19,24). The van der Waals surface area contributed by atoms with E-state index >= 15 is 0 Å². The Labute approximate surface area is 151 Å². The Morgan fingerprint density at radius 2 is 2.00 bits per heavy atom. The summed E-state index contributed by atoms with van der Waals surface area (Å²) in [7, 11) is 1.53. The van der Waals surface area contributed by atoms with Crippen LogP contribution in [0.2, 0.25) is 0 Å². The fraction of sp³-hybridized carbons (Fsp3) is 0.389. The van der Waals surface area contributed by atoms with Crippen LogP contribution in [0, 0.1) is 6.92 Å². The molecule has 1 saturated heterocycles. The highest BCUT2D eigenvalue weighted by Gasteiger charge is 2.13. The smallest absolute Gasteiger partial charge is 0.276 e. The van der Waals surface area contributed by atoms with E-state index in [0.29, 0.717) is 0 Å². The number of nitrogens with zero attached hydrogens (tertiary/aromatic N) is 3. The van der Waals surface area contributed by atoms with Gasteiger partial charge in [0.05, 0.1) is 0 Å². The Balaban J connectivity index is 1.68. The van der Waals surface area contributed by atoms with Gasteiger partial charge in [0, 0.05) is 49.9 Å². The van der Waals surface area contributed by atoms with Crippen molar-refractivity contribution in [1.82, 2.24) is 14.7 Å². The molecule has 2 heterocycles. The van der Waals surface area contributed by atoms with E-state index in [0.717, 1.165) is 35.6 Å². The first kappa shape index (κ1) is 17.7. The van der Waals surface area contributed by atoms with Gasteiger partial charge in [-0.25, -0.2) is 4.68 Å². The molecule has 1 fully saturated rings. The Hall–Kier alpha value is -2.12. The van der Waals surface area contributed by atoms with E-state index < -0.39 is 0 Å². The number of aromatic nitrogens is 2. The Bertz CT molecular complexity index is 828. The van der Waals surface area contributed by atoms with Crippen molar-refractivity contribution in [1.29, 1.82) is 0 Å². The molecule has 0 aliphatic carbocycles. The van der Waals surface area contributed by atoms with Crippen molar-refractivity contribution in [3.8, 4) is 0 Å². The number of anilines is 1. The molecule has 7 heteroatoms. The lowest BCUT2D eigenvalue weighted by molar-refractivity contribution is 0.102. The van der Waals surface area contributed by atoms with Gasteiger partial charge in [0.2, 0.25) is 0 Å². The average molecular weight is 358 g/mol. The zero-order chi connectivity index (χ0) is 17.8. The summed E-state index contributed by atoms with van der Waals surface area (Å²) in [5.41, 5.74) is 3.01. The number of benzene rings is 1. The SMILES string of the molecule is Cc1cc(CN2CCSCC2)ccc1NC(=O)c1ccc(=O)n(C)n1. The summed E-state index contributed by atoms with van der Waals surface area (Å²) in [6, 6.07) is 8.89. The number of nitrogens with one attached hydrogen (secondary N) is 1. The van der Waals surface area contributed by atoms with Crippen LogP contribution in [-0.4, -0.2) is 45.2 Å². The first-order valence-electron chi connectivity index (χ1n) is 8.28. The molecule has 0 saturated carbocycles. The predicted octanol–water partition coefficient (Wildman–Crippen LogP) is 1.89. The predicted molar refractivity (Wildman–Crippen MR) is 101 cm³/mol. The van der Waals surface area contributed by atoms with E-state index in [1.165, 1.54) is 36.2 Å². The molecule has 3 rings (SSSR count). The van der Waals surface area contributed by atoms with Crippen LogP contribution in [0.4, 0.5) is 5.69 Å². The summed E-state index contributed by atoms with van der Waals surface area (Å²) in [6.45, 7) is 5.18. The van der Waals surface area contributed by atoms with E-state index in [1.54, 1.807) is 0 Å². The third-order valence-electron chi connectivity index (χ3n) is 4.24. The summed E-state index contributed by atoms with van der Waals surface area (Å²) in [6.07, 6.45) is 0. The van der Waals surface area contributed by atoms with Gasteiger partial charge in [-0.3, -0.25) is 14.5 Å². The molecule has 1 aromatic carbocycles. The molecule has 0 radical (unpaired) electrons. The Kier molecular flexibility index (Phi) is 5.55. The minimum Gasteiger partial charge on any atom is -0.320 e. The molecule has 1 aromatic heterocycles. The largest absolute Gasteiger partial charge is 0.320 e. The molecule has 6 nitrogen and oxygen atoms in total. The van der Waals surface area contributed by atoms with Gasteiger partial charge in [-0.05, 0) is 30.2 Å². The molecule has 25 heavy (non-hydrogen) atoms. The van der Waals surface area contributed by atoms with Crippen LogP contribution in [-0.2, 0) is 13.6 Å². The molecule has 0 spiro atoms. The number of rotatable bonds is 4. The van der Waals surface area contributed by atoms with Gasteiger partial charge >= 0.3 is 0 Å². The lowest BCUT2D eigenvalue weighted by atomic mass is 10.1. The van der Waals surface area contributed by atoms with Crippen LogP contribution >= 0.6 is 11.8 Å². The molecule has 0 atom stereocenters. The zero-order valence-corrected chi connectivity index (χ0v) is 15.3. The molecule has 0 bridgehead atoms. The van der Waals surface area contributed by atoms with Crippen molar-refractivity contribution in [2.45, 2.75) is 13.5 Å². The quantitative estimate of drug-likeness (QED) is 0.904. The second-order valence-electron chi connectivity index (χ2n) is 6.17. The lowest BCUT2D eigenvalue weighted by Gasteiger charge is -2.26. The van der Waals surface area contributed by atoms with Gasteiger partial charge in [-0.15, -0.1) is 0 Å². The number of hydrogen-bond donors (Lipinski definition) is 1. The highest BCUT2D eigenvalue weighted by atomic mass is 32.2. The van der Waals surface area contributed by atoms with E-state index in [4.69, 9.17) is 0 Å². The minimum absolute atomic E-state index is 0.219. The average Bonchev–Trinajstić information content (AvgIpc) is 2.60. The summed E-state index contributed by atoms with van der Waals surface area (Å²) >= 11 is 2.01. The third kappa shape index (κ3) is 4.49. The van der Waals surface area contributed by atoms with Crippen LogP contribution in [0.1, 0.15) is 21.6 Å². The van der Waals surface area contributed by atoms with E-state index in [2.05, 4.69) is 27.4 Å². The number of hydrogen-bond acceptors (Lipinski definition) is 5. The van der Waals surface area contributed by atoms with Gasteiger partial charge in [-0.2, -0.15) is 16.9 Å². The maximum Gasteiger partial charge on any atom is 0.276 e. The molecular formula is C18H22N4O2S. The van der Waals surface area contributed by atoms with Crippen LogP contribution in [0.3, 0.4) is 0 Å². The second kappa shape index (κ2) is 7.84. The van der Waals surface area contributed by atoms with Crippen LogP contribution in [0.15, 0.2) is 35.1 Å². The van der Waals surface area contributed by atoms with Gasteiger partial charge in [-0.1, -0.05) is 12.1 Å². The van der Waals surface area contributed by atoms with Crippen molar-refractivity contribution >= 4 is 23.4 Å². The van der Waals surface area contributed by atoms with Crippen molar-refractivity contribution in [2.75, 3.05) is 29.9 Å². The zero-order valence-electron chi connectivity index (χ0n) is 14.5. The van der Waals surface area contributed by atoms with Crippen molar-refractivity contribution in [2.24, 2.45) is 7.05 Å². The number of aryl methyl sites for hydroxylation is 2. The molecule has 1 amide bonds. The first-order chi connectivity index (χ1) is 12.0. The van der Waals surface area contributed by atoms with E-state index in [9.17, 15) is 9.59 Å². The van der Waals surface area contributed by atoms with Gasteiger partial charge < -0.3 is 5.32 Å². The maximum absolute atomic E-state index is 12.3. The highest BCUT2D eigenvalue weighted by molar-refractivity contribution is 7.99. The van der Waals surface area contributed by atoms with E-state index in [-0.39, 0.29) is 17.2 Å². The number of thioether (sulfide) groups is 1. The van der Waals surface area contributed by atoms with Crippen LogP contribution in [0.25, 0.3) is 0 Å². The van der Waals surface area contributed by atoms with Crippen LogP contribution in [0.5, 0.6) is 0 Å². The van der Waals surface area contributed by atoms with Crippen molar-refractivity contribution < 1.29 is 4.79 Å². The first-order valence-corrected chi connectivity index (χ1v) is 9.44. The van der Waals surface area contributed by atoms with Crippen LogP contribution < -0.4 is 10.9 Å². The molecule has 1 aliphatic rings. The molecule has 132 valence electrons. The molecule has 1 aliphatic heterocycles. The second-order valence-corrected chi connectivity index (χ2v) is 7.40. The van der Waals surface area contributed by atoms with E-state index in [1.807, 2.05) is 24.8 Å². The topological polar surface area (TPSA) is 67.2 Å². The van der Waals surface area contributed by atoms with Gasteiger partial charge in [0.15, 0.2) is 0 Å². The summed E-state index contributed by atoms with van der Waals surface area (Å²) in [5.74, 6) is 2.07. The number of amides is 1. The molecule has 0 unspecified atom stereocenters. The fourth-order valence-electron chi connectivity index (χ4n) is 2.79. The van der Waals surface area contributed by atoms with Gasteiger partial charge in [0.1, 0.15) is 5.69 Å².